The van der Waals surface area contributed by atoms with Gasteiger partial charge in [-0.05, 0) is 24.3 Å². The van der Waals surface area contributed by atoms with Crippen molar-refractivity contribution in [1.82, 2.24) is 0 Å². The maximum atomic E-state index is 12.8. The second-order valence-electron chi connectivity index (χ2n) is 7.49. The van der Waals surface area contributed by atoms with Crippen LogP contribution in [0.25, 0.3) is 22.3 Å². The summed E-state index contributed by atoms with van der Waals surface area (Å²) in [5, 5.41) is 60.8. The first-order valence-corrected chi connectivity index (χ1v) is 9.74. The van der Waals surface area contributed by atoms with E-state index >= 15 is 0 Å². The molecular formula is C22H22O10. The predicted octanol–water partition coefficient (Wildman–Crippen LogP) is 0.395. The Balaban J connectivity index is 1.94. The number of hydrogen-bond acceptors (Lipinski definition) is 10. The Morgan fingerprint density at radius 1 is 0.969 bits per heavy atom. The van der Waals surface area contributed by atoms with Gasteiger partial charge in [0.2, 0.25) is 0 Å². The van der Waals surface area contributed by atoms with E-state index in [4.69, 9.17) is 13.9 Å². The van der Waals surface area contributed by atoms with Crippen molar-refractivity contribution in [3.63, 3.8) is 0 Å². The molecule has 3 aromatic rings. The zero-order valence-electron chi connectivity index (χ0n) is 16.9. The van der Waals surface area contributed by atoms with Gasteiger partial charge in [0.05, 0.1) is 19.3 Å². The van der Waals surface area contributed by atoms with Gasteiger partial charge in [0.25, 0.3) is 0 Å². The van der Waals surface area contributed by atoms with E-state index in [-0.39, 0.29) is 22.3 Å². The number of rotatable bonds is 4. The molecule has 6 N–H and O–H groups in total. The third-order valence-electron chi connectivity index (χ3n) is 5.55. The number of phenols is 2. The molecule has 1 aromatic heterocycles. The van der Waals surface area contributed by atoms with Gasteiger partial charge in [0.1, 0.15) is 58.9 Å². The molecule has 10 heteroatoms. The van der Waals surface area contributed by atoms with Crippen LogP contribution in [0, 0.1) is 0 Å². The fraction of sp³-hybridized carbons (Fsp3) is 0.318. The van der Waals surface area contributed by atoms with Gasteiger partial charge >= 0.3 is 0 Å². The first-order valence-electron chi connectivity index (χ1n) is 9.74. The van der Waals surface area contributed by atoms with E-state index in [1.165, 1.54) is 7.11 Å². The number of benzene rings is 2. The van der Waals surface area contributed by atoms with Gasteiger partial charge in [-0.15, -0.1) is 0 Å². The summed E-state index contributed by atoms with van der Waals surface area (Å²) in [6.45, 7) is -0.681. The highest BCUT2D eigenvalue weighted by atomic mass is 16.5. The Labute approximate surface area is 181 Å². The van der Waals surface area contributed by atoms with Crippen molar-refractivity contribution >= 4 is 11.0 Å². The van der Waals surface area contributed by atoms with Gasteiger partial charge in [-0.3, -0.25) is 4.79 Å². The third kappa shape index (κ3) is 3.57. The van der Waals surface area contributed by atoms with Crippen molar-refractivity contribution in [2.45, 2.75) is 30.5 Å². The number of aliphatic hydroxyl groups is 4. The summed E-state index contributed by atoms with van der Waals surface area (Å²) in [4.78, 5) is 12.8. The second kappa shape index (κ2) is 8.41. The van der Waals surface area contributed by atoms with E-state index in [1.54, 1.807) is 24.3 Å². The van der Waals surface area contributed by atoms with Crippen molar-refractivity contribution in [1.29, 1.82) is 0 Å². The molecule has 0 saturated carbocycles. The standard InChI is InChI=1S/C22H22O10/c1-30-10-4-2-9(3-5-10)14-7-13(26)16-11(24)6-12(25)17(21(16)31-14)22-20(29)19(28)18(27)15(8-23)32-22/h2-7,15,18-20,22-25,27-29H,8H2,1H3/t15-,18-,19-,20+,22+/m1/s1. The highest BCUT2D eigenvalue weighted by Crippen LogP contribution is 2.43. The monoisotopic (exact) mass is 446 g/mol. The van der Waals surface area contributed by atoms with Gasteiger partial charge in [0.15, 0.2) is 11.0 Å². The van der Waals surface area contributed by atoms with Crippen molar-refractivity contribution in [2.75, 3.05) is 13.7 Å². The van der Waals surface area contributed by atoms with E-state index in [0.29, 0.717) is 11.3 Å². The van der Waals surface area contributed by atoms with Crippen LogP contribution in [0.15, 0.2) is 45.6 Å². The SMILES string of the molecule is COc1ccc(-c2cc(=O)c3c(O)cc(O)c([C@@H]4O[C@H](CO)[C@@H](O)[C@@H](O)[C@@H]4O)c3o2)cc1. The highest BCUT2D eigenvalue weighted by molar-refractivity contribution is 5.89. The van der Waals surface area contributed by atoms with Crippen molar-refractivity contribution in [3.8, 4) is 28.6 Å². The minimum atomic E-state index is -1.73. The molecular weight excluding hydrogens is 424 g/mol. The Kier molecular flexibility index (Phi) is 5.80. The summed E-state index contributed by atoms with van der Waals surface area (Å²) in [7, 11) is 1.50. The minimum Gasteiger partial charge on any atom is -0.507 e. The first-order chi connectivity index (χ1) is 15.3. The molecule has 0 spiro atoms. The molecule has 0 aliphatic carbocycles. The smallest absolute Gasteiger partial charge is 0.197 e. The number of methoxy groups -OCH3 is 1. The van der Waals surface area contributed by atoms with Gasteiger partial charge in [-0.25, -0.2) is 0 Å². The largest absolute Gasteiger partial charge is 0.507 e. The summed E-state index contributed by atoms with van der Waals surface area (Å²) in [5.74, 6) is -0.453. The van der Waals surface area contributed by atoms with Crippen LogP contribution in [0.1, 0.15) is 11.7 Å². The lowest BCUT2D eigenvalue weighted by molar-refractivity contribution is -0.231. The highest BCUT2D eigenvalue weighted by Gasteiger charge is 2.46. The van der Waals surface area contributed by atoms with Crippen LogP contribution in [0.5, 0.6) is 17.2 Å². The summed E-state index contributed by atoms with van der Waals surface area (Å²) >= 11 is 0. The lowest BCUT2D eigenvalue weighted by atomic mass is 9.89. The predicted molar refractivity (Wildman–Crippen MR) is 111 cm³/mol. The zero-order chi connectivity index (χ0) is 23.2. The molecule has 10 nitrogen and oxygen atoms in total. The second-order valence-corrected chi connectivity index (χ2v) is 7.49. The van der Waals surface area contributed by atoms with Crippen LogP contribution in [0.4, 0.5) is 0 Å². The molecule has 0 radical (unpaired) electrons. The van der Waals surface area contributed by atoms with Gasteiger partial charge in [0, 0.05) is 17.7 Å². The minimum absolute atomic E-state index is 0.0981. The van der Waals surface area contributed by atoms with Crippen LogP contribution >= 0.6 is 0 Å². The molecule has 2 aromatic carbocycles. The maximum Gasteiger partial charge on any atom is 0.197 e. The fourth-order valence-corrected chi connectivity index (χ4v) is 3.83. The molecule has 1 fully saturated rings. The summed E-state index contributed by atoms with van der Waals surface area (Å²) in [6.07, 6.45) is -7.80. The summed E-state index contributed by atoms with van der Waals surface area (Å²) < 4.78 is 16.5. The van der Waals surface area contributed by atoms with E-state index in [9.17, 15) is 35.4 Å². The first kappa shape index (κ1) is 22.1. The average Bonchev–Trinajstić information content (AvgIpc) is 2.78. The zero-order valence-corrected chi connectivity index (χ0v) is 16.9. The topological polar surface area (TPSA) is 170 Å². The molecule has 0 bridgehead atoms. The van der Waals surface area contributed by atoms with Crippen molar-refractivity contribution in [3.05, 3.63) is 52.2 Å². The van der Waals surface area contributed by atoms with Crippen LogP contribution in [0.2, 0.25) is 0 Å². The lowest BCUT2D eigenvalue weighted by Gasteiger charge is -2.40. The average molecular weight is 446 g/mol. The molecule has 0 amide bonds. The van der Waals surface area contributed by atoms with E-state index in [2.05, 4.69) is 0 Å². The van der Waals surface area contributed by atoms with Gasteiger partial charge in [-0.1, -0.05) is 0 Å². The van der Waals surface area contributed by atoms with Crippen LogP contribution < -0.4 is 10.2 Å². The fourth-order valence-electron chi connectivity index (χ4n) is 3.83. The van der Waals surface area contributed by atoms with E-state index in [0.717, 1.165) is 12.1 Å². The van der Waals surface area contributed by atoms with Crippen LogP contribution in [-0.4, -0.2) is 68.8 Å². The molecule has 1 aliphatic rings. The molecule has 5 atom stereocenters. The Bertz CT molecular complexity index is 1180. The van der Waals surface area contributed by atoms with E-state index in [1.807, 2.05) is 0 Å². The Morgan fingerprint density at radius 2 is 1.66 bits per heavy atom. The van der Waals surface area contributed by atoms with Gasteiger partial charge < -0.3 is 44.5 Å². The Morgan fingerprint density at radius 3 is 2.28 bits per heavy atom. The number of phenolic OH excluding ortho intramolecular Hbond substituents is 2. The van der Waals surface area contributed by atoms with Crippen LogP contribution in [0.3, 0.4) is 0 Å². The normalized spacial score (nSPS) is 25.7. The van der Waals surface area contributed by atoms with E-state index < -0.39 is 54.1 Å². The summed E-state index contributed by atoms with van der Waals surface area (Å²) in [6, 6.07) is 8.63. The maximum absolute atomic E-state index is 12.8. The van der Waals surface area contributed by atoms with Crippen molar-refractivity contribution < 1.29 is 44.5 Å². The van der Waals surface area contributed by atoms with Crippen molar-refractivity contribution in [2.24, 2.45) is 0 Å². The number of aromatic hydroxyl groups is 2. The molecule has 1 aliphatic heterocycles. The number of ether oxygens (including phenoxy) is 2. The van der Waals surface area contributed by atoms with Gasteiger partial charge in [-0.2, -0.15) is 0 Å². The number of fused-ring (bicyclic) bond motifs is 1. The molecule has 1 saturated heterocycles. The quantitative estimate of drug-likeness (QED) is 0.330. The number of aliphatic hydroxyl groups excluding tert-OH is 4. The summed E-state index contributed by atoms with van der Waals surface area (Å²) in [5.41, 5.74) is -0.625. The number of hydrogen-bond donors (Lipinski definition) is 6. The Hall–Kier alpha value is -3.15. The molecule has 2 heterocycles. The van der Waals surface area contributed by atoms with Crippen LogP contribution in [-0.2, 0) is 4.74 Å². The molecule has 170 valence electrons. The third-order valence-corrected chi connectivity index (χ3v) is 5.55. The molecule has 32 heavy (non-hydrogen) atoms. The molecule has 0 unspecified atom stereocenters. The lowest BCUT2D eigenvalue weighted by Crippen LogP contribution is -2.55. The molecule has 4 rings (SSSR count).